The molecular weight excluding hydrogens is 437 g/mol. The lowest BCUT2D eigenvalue weighted by molar-refractivity contribution is -0.138. The summed E-state index contributed by atoms with van der Waals surface area (Å²) in [6.07, 6.45) is -0.281. The fourth-order valence-electron chi connectivity index (χ4n) is 3.77. The molecule has 3 amide bonds. The molecule has 0 atom stereocenters. The van der Waals surface area contributed by atoms with Crippen LogP contribution in [-0.4, -0.2) is 37.0 Å². The minimum Gasteiger partial charge on any atom is -0.493 e. The number of halogens is 3. The molecule has 33 heavy (non-hydrogen) atoms. The maximum atomic E-state index is 13.8. The average molecular weight is 464 g/mol. The molecule has 178 valence electrons. The Kier molecular flexibility index (Phi) is 7.84. The number of carbonyl (C=O) groups is 2. The molecule has 0 bridgehead atoms. The highest BCUT2D eigenvalue weighted by Crippen LogP contribution is 2.40. The summed E-state index contributed by atoms with van der Waals surface area (Å²) in [5.41, 5.74) is -1.10. The molecule has 3 rings (SSSR count). The Bertz CT molecular complexity index is 974. The SMILES string of the molecule is COc1cc(C(F)(F)F)c(C(=O)N(C)C(=O)NC2CCCCC2)cc1OCc1ccccc1. The summed E-state index contributed by atoms with van der Waals surface area (Å²) in [4.78, 5) is 26.2. The fourth-order valence-corrected chi connectivity index (χ4v) is 3.77. The first kappa shape index (κ1) is 24.4. The monoisotopic (exact) mass is 464 g/mol. The Morgan fingerprint density at radius 3 is 2.33 bits per heavy atom. The Morgan fingerprint density at radius 2 is 1.73 bits per heavy atom. The van der Waals surface area contributed by atoms with Crippen molar-refractivity contribution in [3.05, 3.63) is 59.2 Å². The molecule has 1 aliphatic rings. The molecule has 1 aliphatic carbocycles. The van der Waals surface area contributed by atoms with Crippen molar-refractivity contribution < 1.29 is 32.2 Å². The Labute approximate surface area is 190 Å². The van der Waals surface area contributed by atoms with E-state index in [-0.39, 0.29) is 24.1 Å². The van der Waals surface area contributed by atoms with Gasteiger partial charge in [0.2, 0.25) is 0 Å². The number of carbonyl (C=O) groups excluding carboxylic acids is 2. The Morgan fingerprint density at radius 1 is 1.06 bits per heavy atom. The molecule has 1 saturated carbocycles. The van der Waals surface area contributed by atoms with Crippen molar-refractivity contribution in [3.8, 4) is 11.5 Å². The number of benzene rings is 2. The first-order valence-corrected chi connectivity index (χ1v) is 10.7. The first-order valence-electron chi connectivity index (χ1n) is 10.7. The maximum absolute atomic E-state index is 13.8. The predicted octanol–water partition coefficient (Wildman–Crippen LogP) is 5.41. The van der Waals surface area contributed by atoms with Gasteiger partial charge in [0.15, 0.2) is 11.5 Å². The van der Waals surface area contributed by atoms with Crippen LogP contribution in [0.3, 0.4) is 0 Å². The van der Waals surface area contributed by atoms with Crippen LogP contribution in [0.2, 0.25) is 0 Å². The highest BCUT2D eigenvalue weighted by molar-refractivity contribution is 6.05. The van der Waals surface area contributed by atoms with E-state index in [1.165, 1.54) is 7.11 Å². The summed E-state index contributed by atoms with van der Waals surface area (Å²) in [7, 11) is 2.38. The van der Waals surface area contributed by atoms with Crippen molar-refractivity contribution in [2.45, 2.75) is 50.9 Å². The lowest BCUT2D eigenvalue weighted by atomic mass is 9.96. The van der Waals surface area contributed by atoms with Crippen LogP contribution in [0.4, 0.5) is 18.0 Å². The number of ether oxygens (including phenoxy) is 2. The summed E-state index contributed by atoms with van der Waals surface area (Å²) >= 11 is 0. The van der Waals surface area contributed by atoms with Crippen LogP contribution in [-0.2, 0) is 12.8 Å². The molecule has 0 radical (unpaired) electrons. The van der Waals surface area contributed by atoms with E-state index in [9.17, 15) is 22.8 Å². The molecule has 0 aromatic heterocycles. The zero-order valence-electron chi connectivity index (χ0n) is 18.6. The van der Waals surface area contributed by atoms with Crippen molar-refractivity contribution in [1.29, 1.82) is 0 Å². The quantitative estimate of drug-likeness (QED) is 0.621. The molecule has 9 heteroatoms. The third kappa shape index (κ3) is 6.18. The van der Waals surface area contributed by atoms with E-state index >= 15 is 0 Å². The molecule has 1 fully saturated rings. The Hall–Kier alpha value is -3.23. The number of alkyl halides is 3. The van der Waals surface area contributed by atoms with Crippen LogP contribution in [0.1, 0.15) is 53.6 Å². The van der Waals surface area contributed by atoms with Crippen molar-refractivity contribution in [2.24, 2.45) is 0 Å². The van der Waals surface area contributed by atoms with Crippen molar-refractivity contribution >= 4 is 11.9 Å². The van der Waals surface area contributed by atoms with Gasteiger partial charge in [-0.3, -0.25) is 9.69 Å². The molecular formula is C24H27F3N2O4. The van der Waals surface area contributed by atoms with Gasteiger partial charge in [-0.1, -0.05) is 49.6 Å². The minimum atomic E-state index is -4.84. The van der Waals surface area contributed by atoms with E-state index in [0.29, 0.717) is 4.90 Å². The first-order chi connectivity index (χ1) is 15.7. The summed E-state index contributed by atoms with van der Waals surface area (Å²) < 4.78 is 52.1. The van der Waals surface area contributed by atoms with E-state index in [0.717, 1.165) is 56.8 Å². The van der Waals surface area contributed by atoms with Gasteiger partial charge >= 0.3 is 12.2 Å². The number of urea groups is 1. The number of nitrogens with zero attached hydrogens (tertiary/aromatic N) is 1. The highest BCUT2D eigenvalue weighted by Gasteiger charge is 2.38. The highest BCUT2D eigenvalue weighted by atomic mass is 19.4. The van der Waals surface area contributed by atoms with Gasteiger partial charge < -0.3 is 14.8 Å². The zero-order chi connectivity index (χ0) is 24.0. The molecule has 6 nitrogen and oxygen atoms in total. The molecule has 0 heterocycles. The maximum Gasteiger partial charge on any atom is 0.417 e. The van der Waals surface area contributed by atoms with Crippen LogP contribution in [0.15, 0.2) is 42.5 Å². The van der Waals surface area contributed by atoms with Crippen LogP contribution in [0, 0.1) is 0 Å². The number of rotatable bonds is 6. The minimum absolute atomic E-state index is 0.0289. The van der Waals surface area contributed by atoms with Crippen LogP contribution in [0.25, 0.3) is 0 Å². The van der Waals surface area contributed by atoms with E-state index < -0.39 is 29.2 Å². The second kappa shape index (κ2) is 10.6. The number of imide groups is 1. The van der Waals surface area contributed by atoms with Gasteiger partial charge in [0.05, 0.1) is 18.2 Å². The molecule has 0 aliphatic heterocycles. The third-order valence-corrected chi connectivity index (χ3v) is 5.62. The Balaban J connectivity index is 1.88. The summed E-state index contributed by atoms with van der Waals surface area (Å²) in [6.45, 7) is 0.0637. The number of amides is 3. The second-order valence-corrected chi connectivity index (χ2v) is 7.97. The van der Waals surface area contributed by atoms with Gasteiger partial charge in [-0.25, -0.2) is 4.79 Å². The largest absolute Gasteiger partial charge is 0.493 e. The summed E-state index contributed by atoms with van der Waals surface area (Å²) in [5.74, 6) is -1.27. The van der Waals surface area contributed by atoms with Crippen LogP contribution in [0.5, 0.6) is 11.5 Å². The standard InChI is InChI=1S/C24H27F3N2O4/c1-29(23(31)28-17-11-7-4-8-12-17)22(30)18-13-21(33-15-16-9-5-3-6-10-16)20(32-2)14-19(18)24(25,26)27/h3,5-6,9-10,13-14,17H,4,7-8,11-12,15H2,1-2H3,(H,28,31). The van der Waals surface area contributed by atoms with Gasteiger partial charge in [-0.05, 0) is 30.5 Å². The van der Waals surface area contributed by atoms with Crippen molar-refractivity contribution in [1.82, 2.24) is 10.2 Å². The van der Waals surface area contributed by atoms with Crippen molar-refractivity contribution in [3.63, 3.8) is 0 Å². The normalized spacial score (nSPS) is 14.5. The lowest BCUT2D eigenvalue weighted by Crippen LogP contribution is -2.46. The summed E-state index contributed by atoms with van der Waals surface area (Å²) in [5, 5.41) is 2.74. The molecule has 0 spiro atoms. The second-order valence-electron chi connectivity index (χ2n) is 7.97. The van der Waals surface area contributed by atoms with Crippen LogP contribution >= 0.6 is 0 Å². The number of hydrogen-bond acceptors (Lipinski definition) is 4. The average Bonchev–Trinajstić information content (AvgIpc) is 2.81. The van der Waals surface area contributed by atoms with E-state index in [2.05, 4.69) is 5.32 Å². The van der Waals surface area contributed by atoms with E-state index in [1.54, 1.807) is 24.3 Å². The smallest absolute Gasteiger partial charge is 0.417 e. The van der Waals surface area contributed by atoms with Gasteiger partial charge in [0.1, 0.15) is 6.61 Å². The van der Waals surface area contributed by atoms with Gasteiger partial charge in [-0.15, -0.1) is 0 Å². The number of methoxy groups -OCH3 is 1. The van der Waals surface area contributed by atoms with E-state index in [4.69, 9.17) is 9.47 Å². The van der Waals surface area contributed by atoms with Crippen LogP contribution < -0.4 is 14.8 Å². The van der Waals surface area contributed by atoms with Gasteiger partial charge in [0.25, 0.3) is 5.91 Å². The fraction of sp³-hybridized carbons (Fsp3) is 0.417. The lowest BCUT2D eigenvalue weighted by Gasteiger charge is -2.26. The van der Waals surface area contributed by atoms with Gasteiger partial charge in [-0.2, -0.15) is 13.2 Å². The van der Waals surface area contributed by atoms with E-state index in [1.807, 2.05) is 6.07 Å². The molecule has 2 aromatic rings. The predicted molar refractivity (Wildman–Crippen MR) is 116 cm³/mol. The summed E-state index contributed by atoms with van der Waals surface area (Å²) in [6, 6.07) is 9.91. The number of nitrogens with one attached hydrogen (secondary N) is 1. The third-order valence-electron chi connectivity index (χ3n) is 5.62. The van der Waals surface area contributed by atoms with Crippen molar-refractivity contribution in [2.75, 3.05) is 14.2 Å². The van der Waals surface area contributed by atoms with Gasteiger partial charge in [0, 0.05) is 13.1 Å². The zero-order valence-corrected chi connectivity index (χ0v) is 18.6. The molecule has 2 aromatic carbocycles. The number of hydrogen-bond donors (Lipinski definition) is 1. The molecule has 0 saturated heterocycles. The topological polar surface area (TPSA) is 67.9 Å². The molecule has 0 unspecified atom stereocenters. The molecule has 1 N–H and O–H groups in total.